The first kappa shape index (κ1) is 23.7. The molecule has 33 heavy (non-hydrogen) atoms. The zero-order chi connectivity index (χ0) is 23.8. The quantitative estimate of drug-likeness (QED) is 0.434. The number of aryl methyl sites for hydroxylation is 2. The number of carbonyl (C=O) groups is 2. The van der Waals surface area contributed by atoms with Crippen LogP contribution >= 0.6 is 0 Å². The Morgan fingerprint density at radius 1 is 1.00 bits per heavy atom. The predicted molar refractivity (Wildman–Crippen MR) is 107 cm³/mol. The molecule has 3 aromatic rings. The lowest BCUT2D eigenvalue weighted by atomic mass is 10.2. The highest BCUT2D eigenvalue weighted by molar-refractivity contribution is 5.92. The van der Waals surface area contributed by atoms with Crippen molar-refractivity contribution in [3.05, 3.63) is 53.6 Å². The Morgan fingerprint density at radius 2 is 1.61 bits per heavy atom. The van der Waals surface area contributed by atoms with Gasteiger partial charge in [-0.05, 0) is 30.5 Å². The van der Waals surface area contributed by atoms with Gasteiger partial charge in [-0.1, -0.05) is 22.6 Å². The second kappa shape index (κ2) is 10.6. The molecule has 0 atom stereocenters. The van der Waals surface area contributed by atoms with Gasteiger partial charge in [0.25, 0.3) is 11.8 Å². The highest BCUT2D eigenvalue weighted by Gasteiger charge is 2.31. The smallest absolute Gasteiger partial charge is 0.406 e. The minimum Gasteiger partial charge on any atom is -0.406 e. The van der Waals surface area contributed by atoms with E-state index in [1.54, 1.807) is 16.9 Å². The SMILES string of the molecule is CNC(=O)c1cn(CCCCn2cc(C(=O)NCc3cccc(OC(F)(F)F)c3)nn2)nn1. The van der Waals surface area contributed by atoms with Crippen molar-refractivity contribution in [1.82, 2.24) is 40.6 Å². The van der Waals surface area contributed by atoms with Crippen LogP contribution in [0.15, 0.2) is 36.7 Å². The van der Waals surface area contributed by atoms with Crippen LogP contribution < -0.4 is 15.4 Å². The number of benzene rings is 1. The first-order valence-electron chi connectivity index (χ1n) is 9.89. The summed E-state index contributed by atoms with van der Waals surface area (Å²) in [4.78, 5) is 23.7. The zero-order valence-corrected chi connectivity index (χ0v) is 17.5. The lowest BCUT2D eigenvalue weighted by Crippen LogP contribution is -2.23. The molecule has 0 aliphatic rings. The van der Waals surface area contributed by atoms with Gasteiger partial charge in [-0.3, -0.25) is 19.0 Å². The van der Waals surface area contributed by atoms with E-state index in [1.165, 1.54) is 36.1 Å². The average molecular weight is 466 g/mol. The number of nitrogens with one attached hydrogen (secondary N) is 2. The van der Waals surface area contributed by atoms with E-state index >= 15 is 0 Å². The third-order valence-electron chi connectivity index (χ3n) is 4.38. The molecule has 11 nitrogen and oxygen atoms in total. The van der Waals surface area contributed by atoms with E-state index in [0.29, 0.717) is 25.1 Å². The fourth-order valence-corrected chi connectivity index (χ4v) is 2.82. The van der Waals surface area contributed by atoms with E-state index in [-0.39, 0.29) is 29.6 Å². The number of amides is 2. The van der Waals surface area contributed by atoms with Crippen LogP contribution in [0, 0.1) is 0 Å². The molecule has 0 saturated carbocycles. The zero-order valence-electron chi connectivity index (χ0n) is 17.5. The van der Waals surface area contributed by atoms with E-state index in [2.05, 4.69) is 36.0 Å². The summed E-state index contributed by atoms with van der Waals surface area (Å²) in [5.41, 5.74) is 0.762. The molecule has 1 aromatic carbocycles. The third-order valence-corrected chi connectivity index (χ3v) is 4.38. The molecule has 0 fully saturated rings. The summed E-state index contributed by atoms with van der Waals surface area (Å²) in [6, 6.07) is 5.33. The van der Waals surface area contributed by atoms with Crippen molar-refractivity contribution in [3.63, 3.8) is 0 Å². The van der Waals surface area contributed by atoms with E-state index in [0.717, 1.165) is 6.42 Å². The van der Waals surface area contributed by atoms with Gasteiger partial charge in [0.05, 0.1) is 12.4 Å². The lowest BCUT2D eigenvalue weighted by Gasteiger charge is -2.10. The number of nitrogens with zero attached hydrogens (tertiary/aromatic N) is 6. The molecule has 176 valence electrons. The van der Waals surface area contributed by atoms with Crippen molar-refractivity contribution in [2.24, 2.45) is 0 Å². The minimum atomic E-state index is -4.79. The van der Waals surface area contributed by atoms with Crippen molar-refractivity contribution >= 4 is 11.8 Å². The van der Waals surface area contributed by atoms with E-state index in [1.807, 2.05) is 0 Å². The topological polar surface area (TPSA) is 129 Å². The molecular formula is C19H21F3N8O3. The van der Waals surface area contributed by atoms with Crippen LogP contribution in [0.25, 0.3) is 0 Å². The van der Waals surface area contributed by atoms with E-state index in [4.69, 9.17) is 0 Å². The van der Waals surface area contributed by atoms with Gasteiger partial charge in [-0.15, -0.1) is 23.4 Å². The largest absolute Gasteiger partial charge is 0.573 e. The number of ether oxygens (including phenoxy) is 1. The Hall–Kier alpha value is -3.97. The van der Waals surface area contributed by atoms with E-state index < -0.39 is 12.3 Å². The second-order valence-corrected chi connectivity index (χ2v) is 6.90. The molecule has 0 unspecified atom stereocenters. The van der Waals surface area contributed by atoms with Crippen molar-refractivity contribution in [2.45, 2.75) is 38.8 Å². The standard InChI is InChI=1S/C19H21F3N8O3/c1-23-17(31)15-11-29(27-25-15)7-2-3-8-30-12-16(26-28-30)18(32)24-10-13-5-4-6-14(9-13)33-19(20,21)22/h4-6,9,11-12H,2-3,7-8,10H2,1H3,(H,23,31)(H,24,32). The van der Waals surface area contributed by atoms with Crippen LogP contribution in [0.1, 0.15) is 39.4 Å². The molecule has 2 aromatic heterocycles. The number of rotatable bonds is 10. The summed E-state index contributed by atoms with van der Waals surface area (Å²) >= 11 is 0. The average Bonchev–Trinajstić information content (AvgIpc) is 3.43. The van der Waals surface area contributed by atoms with Gasteiger partial charge >= 0.3 is 6.36 Å². The van der Waals surface area contributed by atoms with Crippen molar-refractivity contribution in [2.75, 3.05) is 7.05 Å². The molecule has 2 heterocycles. The fraction of sp³-hybridized carbons (Fsp3) is 0.368. The van der Waals surface area contributed by atoms with Gasteiger partial charge in [0, 0.05) is 26.7 Å². The van der Waals surface area contributed by atoms with Crippen LogP contribution in [-0.4, -0.2) is 55.2 Å². The van der Waals surface area contributed by atoms with Crippen LogP contribution in [0.3, 0.4) is 0 Å². The van der Waals surface area contributed by atoms with Gasteiger partial charge in [0.1, 0.15) is 5.75 Å². The minimum absolute atomic E-state index is 0.00328. The molecule has 2 N–H and O–H groups in total. The van der Waals surface area contributed by atoms with Crippen LogP contribution in [0.4, 0.5) is 13.2 Å². The molecule has 0 saturated heterocycles. The van der Waals surface area contributed by atoms with Crippen molar-refractivity contribution in [1.29, 1.82) is 0 Å². The number of alkyl halides is 3. The number of unbranched alkanes of at least 4 members (excludes halogenated alkanes) is 1. The molecule has 14 heteroatoms. The summed E-state index contributed by atoms with van der Waals surface area (Å²) in [7, 11) is 1.51. The second-order valence-electron chi connectivity index (χ2n) is 6.90. The predicted octanol–water partition coefficient (Wildman–Crippen LogP) is 1.54. The van der Waals surface area contributed by atoms with Gasteiger partial charge in [0.15, 0.2) is 11.4 Å². The molecule has 0 bridgehead atoms. The highest BCUT2D eigenvalue weighted by atomic mass is 19.4. The number of aromatic nitrogens is 6. The monoisotopic (exact) mass is 466 g/mol. The molecule has 2 amide bonds. The molecular weight excluding hydrogens is 445 g/mol. The number of hydrogen-bond acceptors (Lipinski definition) is 7. The van der Waals surface area contributed by atoms with Crippen LogP contribution in [-0.2, 0) is 19.6 Å². The highest BCUT2D eigenvalue weighted by Crippen LogP contribution is 2.23. The summed E-state index contributed by atoms with van der Waals surface area (Å²) in [6.45, 7) is 1.06. The number of carbonyl (C=O) groups excluding carboxylic acids is 2. The van der Waals surface area contributed by atoms with Crippen LogP contribution in [0.5, 0.6) is 5.75 Å². The summed E-state index contributed by atoms with van der Waals surface area (Å²) in [5.74, 6) is -1.18. The maximum atomic E-state index is 12.3. The lowest BCUT2D eigenvalue weighted by molar-refractivity contribution is -0.274. The normalized spacial score (nSPS) is 11.3. The Labute approximate surface area is 185 Å². The molecule has 0 aliphatic carbocycles. The molecule has 0 radical (unpaired) electrons. The number of hydrogen-bond donors (Lipinski definition) is 2. The molecule has 0 spiro atoms. The van der Waals surface area contributed by atoms with Gasteiger partial charge in [-0.2, -0.15) is 0 Å². The maximum Gasteiger partial charge on any atom is 0.573 e. The maximum absolute atomic E-state index is 12.3. The summed E-state index contributed by atoms with van der Waals surface area (Å²) < 4.78 is 43.9. The Balaban J connectivity index is 1.42. The molecule has 0 aliphatic heterocycles. The summed E-state index contributed by atoms with van der Waals surface area (Å²) in [6.07, 6.45) is -0.302. The fourth-order valence-electron chi connectivity index (χ4n) is 2.82. The Bertz CT molecular complexity index is 1100. The van der Waals surface area contributed by atoms with Crippen LogP contribution in [0.2, 0.25) is 0 Å². The Morgan fingerprint density at radius 3 is 2.18 bits per heavy atom. The third kappa shape index (κ3) is 7.29. The van der Waals surface area contributed by atoms with E-state index in [9.17, 15) is 22.8 Å². The van der Waals surface area contributed by atoms with Crippen molar-refractivity contribution < 1.29 is 27.5 Å². The summed E-state index contributed by atoms with van der Waals surface area (Å²) in [5, 5.41) is 20.4. The first-order valence-corrected chi connectivity index (χ1v) is 9.89. The van der Waals surface area contributed by atoms with Crippen molar-refractivity contribution in [3.8, 4) is 5.75 Å². The van der Waals surface area contributed by atoms with Gasteiger partial charge < -0.3 is 15.4 Å². The number of halogens is 3. The Kier molecular flexibility index (Phi) is 7.58. The van der Waals surface area contributed by atoms with Gasteiger partial charge in [-0.25, -0.2) is 0 Å². The molecule has 3 rings (SSSR count). The van der Waals surface area contributed by atoms with Gasteiger partial charge in [0.2, 0.25) is 0 Å². The first-order chi connectivity index (χ1) is 15.7.